The molecule has 2 aliphatic rings. The van der Waals surface area contributed by atoms with E-state index >= 15 is 0 Å². The minimum Gasteiger partial charge on any atom is -0.310 e. The lowest BCUT2D eigenvalue weighted by Crippen LogP contribution is -2.39. The molecule has 2 aliphatic heterocycles. The molecule has 0 spiro atoms. The maximum absolute atomic E-state index is 12.8. The minimum atomic E-state index is -3.36. The van der Waals surface area contributed by atoms with E-state index < -0.39 is 10.0 Å². The van der Waals surface area contributed by atoms with Crippen molar-refractivity contribution in [2.24, 2.45) is 0 Å². The van der Waals surface area contributed by atoms with Crippen molar-refractivity contribution in [3.63, 3.8) is 0 Å². The molecule has 1 aromatic carbocycles. The summed E-state index contributed by atoms with van der Waals surface area (Å²) in [7, 11) is -3.36. The van der Waals surface area contributed by atoms with Gasteiger partial charge in [0.15, 0.2) is 0 Å². The van der Waals surface area contributed by atoms with Crippen molar-refractivity contribution in [1.29, 1.82) is 0 Å². The van der Waals surface area contributed by atoms with Crippen LogP contribution in [0.3, 0.4) is 0 Å². The number of hydrogen-bond donors (Lipinski definition) is 1. The van der Waals surface area contributed by atoms with Crippen LogP contribution in [0.25, 0.3) is 0 Å². The molecule has 2 heterocycles. The summed E-state index contributed by atoms with van der Waals surface area (Å²) >= 11 is 0. The third-order valence-corrected chi connectivity index (χ3v) is 6.55. The van der Waals surface area contributed by atoms with Gasteiger partial charge in [-0.25, -0.2) is 8.42 Å². The van der Waals surface area contributed by atoms with Crippen LogP contribution in [0, 0.1) is 0 Å². The van der Waals surface area contributed by atoms with Crippen LogP contribution >= 0.6 is 12.4 Å². The quantitative estimate of drug-likeness (QED) is 0.917. The summed E-state index contributed by atoms with van der Waals surface area (Å²) in [5.74, 6) is 0.417. The lowest BCUT2D eigenvalue weighted by Gasteiger charge is -2.23. The van der Waals surface area contributed by atoms with E-state index in [-0.39, 0.29) is 12.4 Å². The topological polar surface area (TPSA) is 49.4 Å². The van der Waals surface area contributed by atoms with Crippen molar-refractivity contribution >= 4 is 22.4 Å². The third kappa shape index (κ3) is 3.48. The molecule has 0 radical (unpaired) electrons. The average molecular weight is 345 g/mol. The van der Waals surface area contributed by atoms with Gasteiger partial charge in [-0.2, -0.15) is 4.31 Å². The maximum atomic E-state index is 12.8. The number of sulfonamides is 1. The number of nitrogens with one attached hydrogen (secondary N) is 1. The van der Waals surface area contributed by atoms with Crippen LogP contribution in [0.4, 0.5) is 0 Å². The predicted molar refractivity (Wildman–Crippen MR) is 91.1 cm³/mol. The van der Waals surface area contributed by atoms with Crippen molar-refractivity contribution in [1.82, 2.24) is 9.62 Å². The molecule has 0 amide bonds. The van der Waals surface area contributed by atoms with Gasteiger partial charge < -0.3 is 5.32 Å². The monoisotopic (exact) mass is 344 g/mol. The first-order valence-electron chi connectivity index (χ1n) is 7.83. The highest BCUT2D eigenvalue weighted by molar-refractivity contribution is 7.89. The van der Waals surface area contributed by atoms with E-state index in [1.54, 1.807) is 16.4 Å². The molecule has 2 bridgehead atoms. The molecule has 0 aromatic heterocycles. The Balaban J connectivity index is 0.00000176. The van der Waals surface area contributed by atoms with Crippen LogP contribution < -0.4 is 5.32 Å². The first kappa shape index (κ1) is 17.7. The standard InChI is InChI=1S/C16H24N2O2S.ClH/c1-12(2)13-3-7-16(8-4-13)21(19,20)18-10-9-14-5-6-15(11-18)17-14;/h3-4,7-8,12,14-15,17H,5-6,9-11H2,1-2H3;1H. The molecular formula is C16H25ClN2O2S. The molecule has 0 saturated carbocycles. The highest BCUT2D eigenvalue weighted by atomic mass is 35.5. The number of halogens is 1. The van der Waals surface area contributed by atoms with E-state index in [0.29, 0.717) is 36.0 Å². The second-order valence-electron chi connectivity index (χ2n) is 6.51. The van der Waals surface area contributed by atoms with Gasteiger partial charge in [-0.3, -0.25) is 0 Å². The van der Waals surface area contributed by atoms with Gasteiger partial charge in [0.2, 0.25) is 10.0 Å². The van der Waals surface area contributed by atoms with E-state index in [9.17, 15) is 8.42 Å². The Morgan fingerprint density at radius 1 is 1.09 bits per heavy atom. The van der Waals surface area contributed by atoms with Gasteiger partial charge in [0.05, 0.1) is 4.90 Å². The Bertz CT molecular complexity index is 601. The van der Waals surface area contributed by atoms with Gasteiger partial charge in [-0.1, -0.05) is 26.0 Å². The molecule has 2 saturated heterocycles. The Kier molecular flexibility index (Phi) is 5.54. The average Bonchev–Trinajstić information content (AvgIpc) is 2.77. The molecular weight excluding hydrogens is 320 g/mol. The molecule has 2 atom stereocenters. The van der Waals surface area contributed by atoms with E-state index in [0.717, 1.165) is 12.8 Å². The smallest absolute Gasteiger partial charge is 0.243 e. The minimum absolute atomic E-state index is 0. The van der Waals surface area contributed by atoms with Gasteiger partial charge >= 0.3 is 0 Å². The summed E-state index contributed by atoms with van der Waals surface area (Å²) in [6.07, 6.45) is 3.18. The predicted octanol–water partition coefficient (Wildman–Crippen LogP) is 2.75. The first-order valence-corrected chi connectivity index (χ1v) is 9.27. The zero-order valence-corrected chi connectivity index (χ0v) is 14.8. The lowest BCUT2D eigenvalue weighted by atomic mass is 10.0. The van der Waals surface area contributed by atoms with Crippen molar-refractivity contribution in [3.05, 3.63) is 29.8 Å². The lowest BCUT2D eigenvalue weighted by molar-refractivity contribution is 0.383. The van der Waals surface area contributed by atoms with E-state index in [2.05, 4.69) is 19.2 Å². The number of rotatable bonds is 3. The fraction of sp³-hybridized carbons (Fsp3) is 0.625. The first-order chi connectivity index (χ1) is 9.96. The van der Waals surface area contributed by atoms with E-state index in [4.69, 9.17) is 0 Å². The zero-order chi connectivity index (χ0) is 15.0. The molecule has 1 aromatic rings. The van der Waals surface area contributed by atoms with Crippen molar-refractivity contribution in [3.8, 4) is 0 Å². The van der Waals surface area contributed by atoms with Crippen LogP contribution in [-0.2, 0) is 10.0 Å². The van der Waals surface area contributed by atoms with Crippen LogP contribution in [0.15, 0.2) is 29.2 Å². The van der Waals surface area contributed by atoms with Gasteiger partial charge in [0.25, 0.3) is 0 Å². The van der Waals surface area contributed by atoms with Crippen molar-refractivity contribution in [2.75, 3.05) is 13.1 Å². The van der Waals surface area contributed by atoms with Crippen LogP contribution in [0.5, 0.6) is 0 Å². The Morgan fingerprint density at radius 2 is 1.73 bits per heavy atom. The Morgan fingerprint density at radius 3 is 2.36 bits per heavy atom. The van der Waals surface area contributed by atoms with Gasteiger partial charge in [-0.05, 0) is 42.9 Å². The molecule has 2 fully saturated rings. The molecule has 1 N–H and O–H groups in total. The highest BCUT2D eigenvalue weighted by Crippen LogP contribution is 2.26. The van der Waals surface area contributed by atoms with E-state index in [1.165, 1.54) is 12.0 Å². The number of benzene rings is 1. The highest BCUT2D eigenvalue weighted by Gasteiger charge is 2.34. The summed E-state index contributed by atoms with van der Waals surface area (Å²) in [5.41, 5.74) is 1.17. The second-order valence-corrected chi connectivity index (χ2v) is 8.45. The fourth-order valence-corrected chi connectivity index (χ4v) is 4.80. The molecule has 2 unspecified atom stereocenters. The summed E-state index contributed by atoms with van der Waals surface area (Å²) in [5, 5.41) is 3.52. The van der Waals surface area contributed by atoms with Crippen LogP contribution in [-0.4, -0.2) is 37.9 Å². The number of fused-ring (bicyclic) bond motifs is 2. The zero-order valence-electron chi connectivity index (χ0n) is 13.2. The fourth-order valence-electron chi connectivity index (χ4n) is 3.30. The molecule has 4 nitrogen and oxygen atoms in total. The van der Waals surface area contributed by atoms with E-state index in [1.807, 2.05) is 12.1 Å². The molecule has 0 aliphatic carbocycles. The van der Waals surface area contributed by atoms with Crippen molar-refractivity contribution in [2.45, 2.75) is 56.0 Å². The number of nitrogens with zero attached hydrogens (tertiary/aromatic N) is 1. The number of hydrogen-bond acceptors (Lipinski definition) is 3. The van der Waals surface area contributed by atoms with Crippen molar-refractivity contribution < 1.29 is 8.42 Å². The molecule has 124 valence electrons. The van der Waals surface area contributed by atoms with Crippen LogP contribution in [0.2, 0.25) is 0 Å². The van der Waals surface area contributed by atoms with Gasteiger partial charge in [-0.15, -0.1) is 12.4 Å². The third-order valence-electron chi connectivity index (χ3n) is 4.67. The maximum Gasteiger partial charge on any atom is 0.243 e. The summed E-state index contributed by atoms with van der Waals surface area (Å²) in [4.78, 5) is 0.421. The van der Waals surface area contributed by atoms with Gasteiger partial charge in [0.1, 0.15) is 0 Å². The Labute approximate surface area is 139 Å². The second kappa shape index (κ2) is 6.87. The molecule has 22 heavy (non-hydrogen) atoms. The summed E-state index contributed by atoms with van der Waals surface area (Å²) < 4.78 is 27.3. The van der Waals surface area contributed by atoms with Gasteiger partial charge in [0, 0.05) is 25.2 Å². The Hall–Kier alpha value is -0.620. The van der Waals surface area contributed by atoms with Crippen LogP contribution in [0.1, 0.15) is 44.6 Å². The largest absolute Gasteiger partial charge is 0.310 e. The summed E-state index contributed by atoms with van der Waals surface area (Å²) in [6.45, 7) is 5.45. The molecule has 6 heteroatoms. The summed E-state index contributed by atoms with van der Waals surface area (Å²) in [6, 6.07) is 8.18. The normalized spacial score (nSPS) is 25.8. The molecule has 3 rings (SSSR count). The SMILES string of the molecule is CC(C)c1ccc(S(=O)(=O)N2CCC3CCC(C2)N3)cc1.Cl.